The van der Waals surface area contributed by atoms with Gasteiger partial charge < -0.3 is 8.83 Å². The van der Waals surface area contributed by atoms with E-state index in [1.807, 2.05) is 47.7 Å². The van der Waals surface area contributed by atoms with Crippen molar-refractivity contribution >= 4 is 75.4 Å². The first-order valence-electron chi connectivity index (χ1n) is 18.9. The molecule has 0 aliphatic rings. The molecular weight excluding hydrogens is 719 g/mol. The van der Waals surface area contributed by atoms with Crippen LogP contribution in [0.5, 0.6) is 0 Å². The van der Waals surface area contributed by atoms with Crippen LogP contribution in [0.2, 0.25) is 0 Å². The highest BCUT2D eigenvalue weighted by molar-refractivity contribution is 7.25. The monoisotopic (exact) mass is 747 g/mol. The molecule has 266 valence electrons. The van der Waals surface area contributed by atoms with Crippen molar-refractivity contribution < 1.29 is 8.83 Å². The summed E-state index contributed by atoms with van der Waals surface area (Å²) in [7, 11) is 0. The molecule has 0 aliphatic heterocycles. The fourth-order valence-corrected chi connectivity index (χ4v) is 9.27. The number of hydrogen-bond donors (Lipinski definition) is 0. The van der Waals surface area contributed by atoms with Crippen LogP contribution in [0.3, 0.4) is 0 Å². The van der Waals surface area contributed by atoms with Gasteiger partial charge in [-0.3, -0.25) is 0 Å². The molecule has 8 aromatic carbocycles. The molecule has 0 N–H and O–H groups in total. The molecule has 0 saturated heterocycles. The highest BCUT2D eigenvalue weighted by Gasteiger charge is 2.18. The van der Waals surface area contributed by atoms with Crippen LogP contribution in [0.25, 0.3) is 120 Å². The quantitative estimate of drug-likeness (QED) is 0.175. The van der Waals surface area contributed by atoms with Crippen molar-refractivity contribution in [3.8, 4) is 56.4 Å². The first kappa shape index (κ1) is 31.9. The van der Waals surface area contributed by atoms with Gasteiger partial charge in [-0.25, -0.2) is 15.0 Å². The van der Waals surface area contributed by atoms with Crippen LogP contribution >= 0.6 is 11.3 Å². The maximum absolute atomic E-state index is 6.62. The molecule has 0 radical (unpaired) electrons. The van der Waals surface area contributed by atoms with Crippen LogP contribution in [0, 0.1) is 0 Å². The van der Waals surface area contributed by atoms with E-state index in [2.05, 4.69) is 140 Å². The van der Waals surface area contributed by atoms with Crippen LogP contribution in [0.4, 0.5) is 0 Å². The minimum Gasteiger partial charge on any atom is -0.456 e. The molecule has 0 bridgehead atoms. The number of benzene rings is 8. The molecular formula is C51H29N3O2S. The Balaban J connectivity index is 0.984. The predicted molar refractivity (Wildman–Crippen MR) is 234 cm³/mol. The first-order valence-corrected chi connectivity index (χ1v) is 19.7. The van der Waals surface area contributed by atoms with Crippen LogP contribution in [-0.4, -0.2) is 15.0 Å². The van der Waals surface area contributed by atoms with E-state index >= 15 is 0 Å². The number of thiophene rings is 1. The molecule has 0 aliphatic carbocycles. The molecule has 6 heteroatoms. The fourth-order valence-electron chi connectivity index (χ4n) is 8.13. The topological polar surface area (TPSA) is 65.0 Å². The molecule has 4 heterocycles. The molecule has 4 aromatic heterocycles. The van der Waals surface area contributed by atoms with Gasteiger partial charge in [-0.05, 0) is 59.2 Å². The number of nitrogens with zero attached hydrogens (tertiary/aromatic N) is 3. The minimum absolute atomic E-state index is 0.560. The third-order valence-corrected chi connectivity index (χ3v) is 12.1. The molecule has 57 heavy (non-hydrogen) atoms. The van der Waals surface area contributed by atoms with Gasteiger partial charge in [0.15, 0.2) is 17.5 Å². The van der Waals surface area contributed by atoms with Crippen molar-refractivity contribution in [1.82, 2.24) is 15.0 Å². The Hall–Kier alpha value is -7.41. The summed E-state index contributed by atoms with van der Waals surface area (Å²) in [5.74, 6) is 1.71. The lowest BCUT2D eigenvalue weighted by atomic mass is 10.0. The molecule has 0 fully saturated rings. The lowest BCUT2D eigenvalue weighted by molar-refractivity contribution is 0.669. The van der Waals surface area contributed by atoms with Crippen LogP contribution < -0.4 is 0 Å². The van der Waals surface area contributed by atoms with Crippen molar-refractivity contribution in [3.63, 3.8) is 0 Å². The second-order valence-electron chi connectivity index (χ2n) is 14.4. The Morgan fingerprint density at radius 1 is 0.316 bits per heavy atom. The maximum Gasteiger partial charge on any atom is 0.164 e. The third kappa shape index (κ3) is 5.26. The first-order chi connectivity index (χ1) is 28.2. The molecule has 0 unspecified atom stereocenters. The Bertz CT molecular complexity index is 3530. The number of hydrogen-bond acceptors (Lipinski definition) is 6. The largest absolute Gasteiger partial charge is 0.456 e. The van der Waals surface area contributed by atoms with E-state index in [0.29, 0.717) is 17.5 Å². The minimum atomic E-state index is 0.560. The van der Waals surface area contributed by atoms with E-state index < -0.39 is 0 Å². The van der Waals surface area contributed by atoms with Crippen molar-refractivity contribution in [1.29, 1.82) is 0 Å². The third-order valence-electron chi connectivity index (χ3n) is 11.0. The van der Waals surface area contributed by atoms with E-state index in [-0.39, 0.29) is 0 Å². The zero-order chi connectivity index (χ0) is 37.5. The Labute approximate surface area is 330 Å². The lowest BCUT2D eigenvalue weighted by Crippen LogP contribution is -2.00. The van der Waals surface area contributed by atoms with E-state index in [1.165, 1.54) is 25.7 Å². The van der Waals surface area contributed by atoms with Crippen molar-refractivity contribution in [2.24, 2.45) is 0 Å². The second-order valence-corrected chi connectivity index (χ2v) is 15.4. The molecule has 12 rings (SSSR count). The van der Waals surface area contributed by atoms with Gasteiger partial charge in [0.05, 0.1) is 0 Å². The van der Waals surface area contributed by atoms with Crippen molar-refractivity contribution in [3.05, 3.63) is 176 Å². The highest BCUT2D eigenvalue weighted by atomic mass is 32.1. The maximum atomic E-state index is 6.62. The van der Waals surface area contributed by atoms with Crippen molar-refractivity contribution in [2.45, 2.75) is 0 Å². The summed E-state index contributed by atoms with van der Waals surface area (Å²) in [5, 5.41) is 6.84. The predicted octanol–water partition coefficient (Wildman–Crippen LogP) is 14.4. The number of para-hydroxylation sites is 2. The summed E-state index contributed by atoms with van der Waals surface area (Å²) < 4.78 is 15.5. The number of fused-ring (bicyclic) bond motifs is 9. The normalized spacial score (nSPS) is 11.9. The fraction of sp³-hybridized carbons (Fsp3) is 0. The Morgan fingerprint density at radius 3 is 1.65 bits per heavy atom. The van der Waals surface area contributed by atoms with Crippen LogP contribution in [-0.2, 0) is 0 Å². The number of rotatable bonds is 5. The number of aromatic nitrogens is 3. The number of furan rings is 2. The molecule has 0 spiro atoms. The van der Waals surface area contributed by atoms with E-state index in [9.17, 15) is 0 Å². The van der Waals surface area contributed by atoms with Gasteiger partial charge in [0, 0.05) is 64.0 Å². The summed E-state index contributed by atoms with van der Waals surface area (Å²) in [6.07, 6.45) is 0. The summed E-state index contributed by atoms with van der Waals surface area (Å²) in [4.78, 5) is 15.3. The molecule has 0 amide bonds. The molecule has 5 nitrogen and oxygen atoms in total. The lowest BCUT2D eigenvalue weighted by Gasteiger charge is -2.09. The zero-order valence-electron chi connectivity index (χ0n) is 30.3. The molecule has 0 saturated carbocycles. The van der Waals surface area contributed by atoms with Gasteiger partial charge in [0.2, 0.25) is 0 Å². The summed E-state index contributed by atoms with van der Waals surface area (Å²) in [5.41, 5.74) is 10.3. The molecule has 0 atom stereocenters. The summed E-state index contributed by atoms with van der Waals surface area (Å²) in [6.45, 7) is 0. The second kappa shape index (κ2) is 12.6. The van der Waals surface area contributed by atoms with Gasteiger partial charge in [0.1, 0.15) is 22.3 Å². The summed E-state index contributed by atoms with van der Waals surface area (Å²) >= 11 is 1.83. The summed E-state index contributed by atoms with van der Waals surface area (Å²) in [6, 6.07) is 61.0. The van der Waals surface area contributed by atoms with E-state index in [0.717, 1.165) is 77.3 Å². The van der Waals surface area contributed by atoms with E-state index in [1.54, 1.807) is 0 Å². The average Bonchev–Trinajstić information content (AvgIpc) is 3.97. The average molecular weight is 748 g/mol. The smallest absolute Gasteiger partial charge is 0.164 e. The van der Waals surface area contributed by atoms with Gasteiger partial charge in [-0.15, -0.1) is 11.3 Å². The van der Waals surface area contributed by atoms with Gasteiger partial charge in [-0.1, -0.05) is 133 Å². The SMILES string of the molecule is c1ccc(-c2cccc3c2oc2cc(-c4nc(-c5ccc(-c6ccc7c(c6)sc6ccccc67)cc5)nc(-c5ccc6c(c5)oc5ccccc56)n4)ccc23)cc1. The van der Waals surface area contributed by atoms with Crippen LogP contribution in [0.15, 0.2) is 185 Å². The standard InChI is InChI=1S/C51H29N3O2S/c1-2-9-31(10-3-1)36-13-8-14-42-39-25-23-35(28-45(39)56-48(36)42)51-53-49(52-50(54-51)34-22-24-38-37-11-4-6-15-43(37)55-44(38)27-34)32-19-17-30(18-20-32)33-21-26-41-40-12-5-7-16-46(40)57-47(41)29-33/h1-29H. The van der Waals surface area contributed by atoms with Gasteiger partial charge >= 0.3 is 0 Å². The van der Waals surface area contributed by atoms with E-state index in [4.69, 9.17) is 23.8 Å². The highest BCUT2D eigenvalue weighted by Crippen LogP contribution is 2.39. The van der Waals surface area contributed by atoms with Crippen molar-refractivity contribution in [2.75, 3.05) is 0 Å². The van der Waals surface area contributed by atoms with Gasteiger partial charge in [0.25, 0.3) is 0 Å². The van der Waals surface area contributed by atoms with Crippen LogP contribution in [0.1, 0.15) is 0 Å². The Morgan fingerprint density at radius 2 is 0.860 bits per heavy atom. The molecule has 12 aromatic rings. The zero-order valence-corrected chi connectivity index (χ0v) is 31.1. The van der Waals surface area contributed by atoms with Gasteiger partial charge in [-0.2, -0.15) is 0 Å². The Kier molecular flexibility index (Phi) is 7.03.